The Morgan fingerprint density at radius 1 is 1.00 bits per heavy atom. The van der Waals surface area contributed by atoms with E-state index in [1.54, 1.807) is 0 Å². The predicted octanol–water partition coefficient (Wildman–Crippen LogP) is -8.46. The fourth-order valence-electron chi connectivity index (χ4n) is 0.804. The van der Waals surface area contributed by atoms with Crippen LogP contribution in [0.3, 0.4) is 0 Å². The predicted molar refractivity (Wildman–Crippen MR) is 45.5 cm³/mol. The Hall–Kier alpha value is 1.74. The monoisotopic (exact) mass is 308 g/mol. The van der Waals surface area contributed by atoms with E-state index in [4.69, 9.17) is 10.2 Å². The van der Waals surface area contributed by atoms with Crippen molar-refractivity contribution in [3.05, 3.63) is 0 Å². The first kappa shape index (κ1) is 23.8. The molecule has 0 saturated heterocycles. The molecule has 92 valence electrons. The molecule has 0 amide bonds. The largest absolute Gasteiger partial charge is 1.00 e. The van der Waals surface area contributed by atoms with Gasteiger partial charge >= 0.3 is 59.1 Å². The second kappa shape index (κ2) is 9.61. The van der Waals surface area contributed by atoms with Crippen LogP contribution in [0.2, 0.25) is 0 Å². The SMILES string of the molecule is O=S(=O)([O-])CCCC(O)C(O)S(=O)(=O)[O-].[Na+].[Na+]. The molecule has 12 heteroatoms. The van der Waals surface area contributed by atoms with Gasteiger partial charge in [0.2, 0.25) is 0 Å². The standard InChI is InChI=1S/C5H12O8S2.2Na/c6-4(5(7)15(11,12)13)2-1-3-14(8,9)10;;/h4-7H,1-3H2,(H,8,9,10)(H,11,12,13);;/q;2*+1/p-2. The third-order valence-corrected chi connectivity index (χ3v) is 3.21. The van der Waals surface area contributed by atoms with Gasteiger partial charge in [0.15, 0.2) is 5.44 Å². The molecule has 0 aromatic rings. The number of aliphatic hydroxyl groups is 2. The van der Waals surface area contributed by atoms with Gasteiger partial charge in [-0.15, -0.1) is 0 Å². The zero-order chi connectivity index (χ0) is 12.3. The van der Waals surface area contributed by atoms with Crippen molar-refractivity contribution >= 4 is 20.2 Å². The second-order valence-electron chi connectivity index (χ2n) is 2.85. The van der Waals surface area contributed by atoms with Crippen LogP contribution in [-0.4, -0.2) is 53.4 Å². The Labute approximate surface area is 144 Å². The van der Waals surface area contributed by atoms with Crippen molar-refractivity contribution in [2.75, 3.05) is 5.75 Å². The molecule has 0 spiro atoms. The molecule has 17 heavy (non-hydrogen) atoms. The Morgan fingerprint density at radius 3 is 1.71 bits per heavy atom. The van der Waals surface area contributed by atoms with Gasteiger partial charge in [0.1, 0.15) is 10.1 Å². The van der Waals surface area contributed by atoms with E-state index in [0.717, 1.165) is 0 Å². The summed E-state index contributed by atoms with van der Waals surface area (Å²) in [7, 11) is -9.49. The van der Waals surface area contributed by atoms with Gasteiger partial charge in [-0.05, 0) is 12.8 Å². The minimum absolute atomic E-state index is 0. The molecule has 0 aromatic heterocycles. The molecule has 0 aromatic carbocycles. The summed E-state index contributed by atoms with van der Waals surface area (Å²) in [5.74, 6) is -0.796. The van der Waals surface area contributed by atoms with Crippen molar-refractivity contribution in [2.24, 2.45) is 0 Å². The van der Waals surface area contributed by atoms with E-state index in [-0.39, 0.29) is 65.5 Å². The molecule has 0 fully saturated rings. The average molecular weight is 308 g/mol. The molecule has 0 aliphatic rings. The summed E-state index contributed by atoms with van der Waals surface area (Å²) in [6.07, 6.45) is -2.70. The number of hydrogen-bond acceptors (Lipinski definition) is 8. The summed E-state index contributed by atoms with van der Waals surface area (Å²) < 4.78 is 60.9. The van der Waals surface area contributed by atoms with Gasteiger partial charge in [-0.1, -0.05) is 0 Å². The molecule has 0 aliphatic heterocycles. The van der Waals surface area contributed by atoms with Gasteiger partial charge in [0.05, 0.1) is 16.2 Å². The van der Waals surface area contributed by atoms with E-state index in [9.17, 15) is 25.9 Å². The number of aliphatic hydroxyl groups excluding tert-OH is 2. The summed E-state index contributed by atoms with van der Waals surface area (Å²) >= 11 is 0. The summed E-state index contributed by atoms with van der Waals surface area (Å²) in [6.45, 7) is 0. The average Bonchev–Trinajstić information content (AvgIpc) is 1.98. The van der Waals surface area contributed by atoms with E-state index in [2.05, 4.69) is 0 Å². The van der Waals surface area contributed by atoms with Crippen molar-refractivity contribution < 1.29 is 95.3 Å². The van der Waals surface area contributed by atoms with E-state index in [0.29, 0.717) is 0 Å². The number of hydrogen-bond donors (Lipinski definition) is 2. The van der Waals surface area contributed by atoms with Crippen LogP contribution < -0.4 is 59.1 Å². The first-order valence-electron chi connectivity index (χ1n) is 3.78. The zero-order valence-electron chi connectivity index (χ0n) is 9.44. The topological polar surface area (TPSA) is 155 Å². The maximum absolute atomic E-state index is 10.2. The van der Waals surface area contributed by atoms with E-state index < -0.39 is 43.9 Å². The maximum atomic E-state index is 10.2. The summed E-state index contributed by atoms with van der Waals surface area (Å²) in [4.78, 5) is 0. The minimum Gasteiger partial charge on any atom is -0.748 e. The summed E-state index contributed by atoms with van der Waals surface area (Å²) in [6, 6.07) is 0. The molecule has 0 radical (unpaired) electrons. The van der Waals surface area contributed by atoms with Crippen LogP contribution in [-0.2, 0) is 20.2 Å². The first-order valence-corrected chi connectivity index (χ1v) is 6.83. The van der Waals surface area contributed by atoms with Gasteiger partial charge in [-0.25, -0.2) is 16.8 Å². The first-order chi connectivity index (χ1) is 6.54. The molecule has 2 atom stereocenters. The summed E-state index contributed by atoms with van der Waals surface area (Å²) in [5, 5.41) is 17.6. The fraction of sp³-hybridized carbons (Fsp3) is 1.00. The van der Waals surface area contributed by atoms with E-state index >= 15 is 0 Å². The van der Waals surface area contributed by atoms with Crippen molar-refractivity contribution in [3.8, 4) is 0 Å². The van der Waals surface area contributed by atoms with Gasteiger partial charge < -0.3 is 19.3 Å². The van der Waals surface area contributed by atoms with Crippen molar-refractivity contribution in [2.45, 2.75) is 24.4 Å². The van der Waals surface area contributed by atoms with Crippen molar-refractivity contribution in [3.63, 3.8) is 0 Å². The van der Waals surface area contributed by atoms with E-state index in [1.165, 1.54) is 0 Å². The van der Waals surface area contributed by atoms with Crippen LogP contribution in [0.15, 0.2) is 0 Å². The molecule has 0 saturated carbocycles. The van der Waals surface area contributed by atoms with Crippen LogP contribution in [0.5, 0.6) is 0 Å². The number of rotatable bonds is 6. The molecule has 0 heterocycles. The van der Waals surface area contributed by atoms with Crippen molar-refractivity contribution in [1.82, 2.24) is 0 Å². The minimum atomic E-state index is -5.04. The van der Waals surface area contributed by atoms with E-state index in [1.807, 2.05) is 0 Å². The van der Waals surface area contributed by atoms with Crippen LogP contribution in [0.25, 0.3) is 0 Å². The summed E-state index contributed by atoms with van der Waals surface area (Å²) in [5.41, 5.74) is -2.51. The normalized spacial score (nSPS) is 15.3. The molecule has 0 bridgehead atoms. The smallest absolute Gasteiger partial charge is 0.748 e. The maximum Gasteiger partial charge on any atom is 1.00 e. The molecular formula is C5H10Na2O8S2. The van der Waals surface area contributed by atoms with Gasteiger partial charge in [0.25, 0.3) is 0 Å². The Kier molecular flexibility index (Phi) is 13.5. The fourth-order valence-corrected chi connectivity index (χ4v) is 1.85. The van der Waals surface area contributed by atoms with Gasteiger partial charge in [-0.3, -0.25) is 0 Å². The van der Waals surface area contributed by atoms with Crippen LogP contribution in [0, 0.1) is 0 Å². The van der Waals surface area contributed by atoms with Gasteiger partial charge in [-0.2, -0.15) is 0 Å². The Morgan fingerprint density at radius 2 is 1.41 bits per heavy atom. The molecule has 0 rings (SSSR count). The third-order valence-electron chi connectivity index (χ3n) is 1.52. The molecule has 2 unspecified atom stereocenters. The van der Waals surface area contributed by atoms with Crippen LogP contribution in [0.1, 0.15) is 12.8 Å². The van der Waals surface area contributed by atoms with Crippen molar-refractivity contribution in [1.29, 1.82) is 0 Å². The Balaban J connectivity index is -0.000000980. The Bertz CT molecular complexity index is 390. The quantitative estimate of drug-likeness (QED) is 0.362. The van der Waals surface area contributed by atoms with Gasteiger partial charge in [0, 0.05) is 5.75 Å². The van der Waals surface area contributed by atoms with Crippen LogP contribution in [0.4, 0.5) is 0 Å². The molecule has 8 nitrogen and oxygen atoms in total. The third kappa shape index (κ3) is 12.5. The zero-order valence-corrected chi connectivity index (χ0v) is 15.1. The molecule has 0 aliphatic carbocycles. The molecule has 2 N–H and O–H groups in total. The molecular weight excluding hydrogens is 298 g/mol. The van der Waals surface area contributed by atoms with Crippen LogP contribution >= 0.6 is 0 Å². The second-order valence-corrected chi connectivity index (χ2v) is 5.85.